The third kappa shape index (κ3) is 3.88. The van der Waals surface area contributed by atoms with Gasteiger partial charge in [0.15, 0.2) is 0 Å². The fourth-order valence-corrected chi connectivity index (χ4v) is 4.52. The highest BCUT2D eigenvalue weighted by Crippen LogP contribution is 2.33. The van der Waals surface area contributed by atoms with E-state index in [4.69, 9.17) is 39.1 Å². The zero-order chi connectivity index (χ0) is 22.3. The lowest BCUT2D eigenvalue weighted by molar-refractivity contribution is 0.159. The van der Waals surface area contributed by atoms with E-state index < -0.39 is 0 Å². The molecule has 0 radical (unpaired) electrons. The molecule has 2 aliphatic heterocycles. The molecule has 7 nitrogen and oxygen atoms in total. The Balaban J connectivity index is 1.29. The molecule has 0 aliphatic carbocycles. The molecule has 2 fully saturated rings. The minimum atomic E-state index is 0.180. The maximum Gasteiger partial charge on any atom is 0.128 e. The third-order valence-corrected chi connectivity index (χ3v) is 6.73. The van der Waals surface area contributed by atoms with E-state index in [-0.39, 0.29) is 12.3 Å². The van der Waals surface area contributed by atoms with Crippen LogP contribution in [0.1, 0.15) is 23.1 Å². The molecule has 0 unspecified atom stereocenters. The molecular formula is C23H22Cl2N6O. The van der Waals surface area contributed by atoms with Gasteiger partial charge in [-0.25, -0.2) is 4.98 Å². The summed E-state index contributed by atoms with van der Waals surface area (Å²) in [4.78, 5) is 10.8. The quantitative estimate of drug-likeness (QED) is 0.374. The Hall–Kier alpha value is -2.87. The van der Waals surface area contributed by atoms with Crippen LogP contribution < -0.4 is 20.7 Å². The number of hydrogen-bond donors (Lipinski definition) is 3. The van der Waals surface area contributed by atoms with E-state index in [1.54, 1.807) is 24.4 Å². The molecule has 4 N–H and O–H groups in total. The average Bonchev–Trinajstić information content (AvgIpc) is 2.72. The first kappa shape index (κ1) is 21.0. The van der Waals surface area contributed by atoms with Crippen molar-refractivity contribution in [2.45, 2.75) is 18.6 Å². The summed E-state index contributed by atoms with van der Waals surface area (Å²) in [7, 11) is 0. The molecule has 2 aromatic heterocycles. The van der Waals surface area contributed by atoms with Crippen LogP contribution in [0.15, 0.2) is 48.9 Å². The summed E-state index contributed by atoms with van der Waals surface area (Å²) in [5.74, 6) is 1.49. The molecule has 0 atom stereocenters. The molecule has 0 bridgehead atoms. The Bertz CT molecular complexity index is 1150. The summed E-state index contributed by atoms with van der Waals surface area (Å²) in [6.07, 6.45) is 6.00. The van der Waals surface area contributed by atoms with Gasteiger partial charge >= 0.3 is 0 Å². The smallest absolute Gasteiger partial charge is 0.128 e. The molecule has 2 aliphatic rings. The molecule has 2 saturated heterocycles. The van der Waals surface area contributed by atoms with Crippen LogP contribution in [0, 0.1) is 5.41 Å². The number of anilines is 2. The third-order valence-electron chi connectivity index (χ3n) is 6.08. The van der Waals surface area contributed by atoms with Gasteiger partial charge < -0.3 is 20.7 Å². The number of rotatable bonds is 6. The molecule has 0 amide bonds. The van der Waals surface area contributed by atoms with Gasteiger partial charge in [-0.05, 0) is 43.3 Å². The lowest BCUT2D eigenvalue weighted by Gasteiger charge is -2.56. The lowest BCUT2D eigenvalue weighted by atomic mass is 9.80. The number of hydrogen-bond acceptors (Lipinski definition) is 7. The van der Waals surface area contributed by atoms with Crippen LogP contribution in [0.2, 0.25) is 10.0 Å². The topological polar surface area (TPSA) is 100 Å². The van der Waals surface area contributed by atoms with Gasteiger partial charge in [0, 0.05) is 54.1 Å². The van der Waals surface area contributed by atoms with Gasteiger partial charge in [0.25, 0.3) is 0 Å². The number of benzene rings is 1. The van der Waals surface area contributed by atoms with Gasteiger partial charge in [-0.1, -0.05) is 23.2 Å². The lowest BCUT2D eigenvalue weighted by Crippen LogP contribution is -2.76. The van der Waals surface area contributed by atoms with Gasteiger partial charge in [-0.15, -0.1) is 0 Å². The second kappa shape index (κ2) is 8.24. The maximum absolute atomic E-state index is 8.66. The van der Waals surface area contributed by atoms with Crippen molar-refractivity contribution in [2.75, 3.05) is 30.3 Å². The molecule has 3 aromatic rings. The maximum atomic E-state index is 8.66. The average molecular weight is 469 g/mol. The summed E-state index contributed by atoms with van der Waals surface area (Å²) < 4.78 is 5.87. The van der Waals surface area contributed by atoms with E-state index in [1.807, 2.05) is 12.1 Å². The van der Waals surface area contributed by atoms with Crippen molar-refractivity contribution >= 4 is 40.4 Å². The summed E-state index contributed by atoms with van der Waals surface area (Å²) in [6.45, 7) is 3.24. The van der Waals surface area contributed by atoms with Crippen LogP contribution >= 0.6 is 23.2 Å². The van der Waals surface area contributed by atoms with E-state index in [0.29, 0.717) is 43.7 Å². The Kier molecular flexibility index (Phi) is 5.41. The van der Waals surface area contributed by atoms with Crippen LogP contribution in [0.3, 0.4) is 0 Å². The highest BCUT2D eigenvalue weighted by atomic mass is 35.5. The number of nitrogens with two attached hydrogens (primary N) is 1. The number of pyridine rings is 2. The van der Waals surface area contributed by atoms with E-state index >= 15 is 0 Å². The summed E-state index contributed by atoms with van der Waals surface area (Å²) >= 11 is 12.3. The summed E-state index contributed by atoms with van der Waals surface area (Å²) in [5, 5.41) is 13.0. The molecule has 9 heteroatoms. The molecule has 1 aromatic carbocycles. The Labute approximate surface area is 196 Å². The monoisotopic (exact) mass is 468 g/mol. The second-order valence-corrected chi connectivity index (χ2v) is 9.03. The largest absolute Gasteiger partial charge is 0.489 e. The van der Waals surface area contributed by atoms with Crippen molar-refractivity contribution in [3.63, 3.8) is 0 Å². The van der Waals surface area contributed by atoms with Gasteiger partial charge in [-0.2, -0.15) is 0 Å². The minimum absolute atomic E-state index is 0.180. The standard InChI is InChI=1S/C23H22Cl2N6O/c24-18-9-28-10-19(25)17(18)11-32-15-2-3-20(26)16(7-15)22(27)14-1-4-21(29-8-14)31-12-23(13-31)5-6-30-23/h1-4,7-10,27,30H,5-6,11-13,26H2. The second-order valence-electron chi connectivity index (χ2n) is 8.21. The number of ether oxygens (including phenoxy) is 1. The molecule has 4 heterocycles. The van der Waals surface area contributed by atoms with Crippen molar-refractivity contribution < 1.29 is 4.74 Å². The highest BCUT2D eigenvalue weighted by Gasteiger charge is 2.47. The van der Waals surface area contributed by atoms with Crippen molar-refractivity contribution in [1.29, 1.82) is 5.41 Å². The zero-order valence-corrected chi connectivity index (χ0v) is 18.7. The van der Waals surface area contributed by atoms with Crippen LogP contribution in [0.4, 0.5) is 11.5 Å². The van der Waals surface area contributed by atoms with Crippen LogP contribution in [0.5, 0.6) is 5.75 Å². The zero-order valence-electron chi connectivity index (χ0n) is 17.2. The number of aromatic nitrogens is 2. The van der Waals surface area contributed by atoms with Gasteiger partial charge in [0.05, 0.1) is 21.3 Å². The van der Waals surface area contributed by atoms with Crippen molar-refractivity contribution in [3.8, 4) is 5.75 Å². The fraction of sp³-hybridized carbons (Fsp3) is 0.261. The van der Waals surface area contributed by atoms with Crippen LogP contribution in [-0.2, 0) is 6.61 Å². The van der Waals surface area contributed by atoms with Crippen molar-refractivity contribution in [3.05, 3.63) is 75.7 Å². The Morgan fingerprint density at radius 2 is 1.91 bits per heavy atom. The fourth-order valence-electron chi connectivity index (χ4n) is 4.04. The molecule has 32 heavy (non-hydrogen) atoms. The number of halogens is 2. The first-order chi connectivity index (χ1) is 15.4. The van der Waals surface area contributed by atoms with E-state index in [1.165, 1.54) is 18.8 Å². The predicted molar refractivity (Wildman–Crippen MR) is 127 cm³/mol. The van der Waals surface area contributed by atoms with Gasteiger partial charge in [-0.3, -0.25) is 10.4 Å². The minimum Gasteiger partial charge on any atom is -0.489 e. The number of nitrogens with zero attached hydrogens (tertiary/aromatic N) is 3. The van der Waals surface area contributed by atoms with E-state index in [0.717, 1.165) is 25.5 Å². The number of nitrogens with one attached hydrogen (secondary N) is 2. The van der Waals surface area contributed by atoms with Gasteiger partial charge in [0.2, 0.25) is 0 Å². The first-order valence-corrected chi connectivity index (χ1v) is 11.1. The SMILES string of the molecule is N=C(c1ccc(N2CC3(CCN3)C2)nc1)c1cc(OCc2c(Cl)cncc2Cl)ccc1N. The van der Waals surface area contributed by atoms with E-state index in [2.05, 4.69) is 20.2 Å². The van der Waals surface area contributed by atoms with E-state index in [9.17, 15) is 0 Å². The predicted octanol–water partition coefficient (Wildman–Crippen LogP) is 3.91. The molecule has 1 spiro atoms. The Morgan fingerprint density at radius 1 is 1.16 bits per heavy atom. The van der Waals surface area contributed by atoms with Crippen molar-refractivity contribution in [1.82, 2.24) is 15.3 Å². The normalized spacial score (nSPS) is 16.4. The molecular weight excluding hydrogens is 447 g/mol. The van der Waals surface area contributed by atoms with Crippen LogP contribution in [0.25, 0.3) is 0 Å². The first-order valence-electron chi connectivity index (χ1n) is 10.3. The van der Waals surface area contributed by atoms with Crippen LogP contribution in [-0.4, -0.2) is 40.9 Å². The number of nitrogen functional groups attached to an aromatic ring is 1. The highest BCUT2D eigenvalue weighted by molar-refractivity contribution is 6.35. The molecule has 5 rings (SSSR count). The Morgan fingerprint density at radius 3 is 2.53 bits per heavy atom. The van der Waals surface area contributed by atoms with Gasteiger partial charge in [0.1, 0.15) is 18.2 Å². The van der Waals surface area contributed by atoms with Crippen molar-refractivity contribution in [2.24, 2.45) is 0 Å². The molecule has 164 valence electrons. The summed E-state index contributed by atoms with van der Waals surface area (Å²) in [5.41, 5.74) is 9.16. The molecule has 0 saturated carbocycles. The summed E-state index contributed by atoms with van der Waals surface area (Å²) in [6, 6.07) is 9.09.